The van der Waals surface area contributed by atoms with E-state index in [4.69, 9.17) is 4.74 Å². The molecule has 0 aliphatic heterocycles. The summed E-state index contributed by atoms with van der Waals surface area (Å²) < 4.78 is 43.1. The van der Waals surface area contributed by atoms with E-state index in [9.17, 15) is 18.0 Å². The number of carbonyl (C=O) groups excluding carboxylic acids is 1. The first-order chi connectivity index (χ1) is 10.8. The van der Waals surface area contributed by atoms with Crippen LogP contribution in [0.15, 0.2) is 36.4 Å². The van der Waals surface area contributed by atoms with Crippen molar-refractivity contribution in [3.05, 3.63) is 47.5 Å². The molecule has 126 valence electrons. The highest BCUT2D eigenvalue weighted by molar-refractivity contribution is 5.70. The summed E-state index contributed by atoms with van der Waals surface area (Å²) in [5.74, 6) is -0.313. The number of carbonyl (C=O) groups is 1. The number of alkyl halides is 3. The minimum atomic E-state index is -4.34. The molecule has 1 saturated carbocycles. The maximum Gasteiger partial charge on any atom is 0.416 e. The summed E-state index contributed by atoms with van der Waals surface area (Å²) in [5.41, 5.74) is 1.10. The van der Waals surface area contributed by atoms with Crippen LogP contribution in [0, 0.1) is 5.92 Å². The van der Waals surface area contributed by atoms with E-state index in [0.717, 1.165) is 42.5 Å². The zero-order valence-electron chi connectivity index (χ0n) is 13.2. The Bertz CT molecular complexity index is 561. The SMILES string of the molecule is C=C1CCC[C@@H](CC(=O)OCC)[C@@H]1c1ccc(C(F)(F)F)cc1. The number of halogens is 3. The van der Waals surface area contributed by atoms with Gasteiger partial charge in [0.2, 0.25) is 0 Å². The Hall–Kier alpha value is -1.78. The standard InChI is InChI=1S/C18H21F3O2/c1-3-23-16(22)11-14-6-4-5-12(2)17(14)13-7-9-15(10-8-13)18(19,20)21/h7-10,14,17H,2-6,11H2,1H3/t14-,17-/m0/s1. The van der Waals surface area contributed by atoms with Crippen LogP contribution in [0.5, 0.6) is 0 Å². The monoisotopic (exact) mass is 326 g/mol. The lowest BCUT2D eigenvalue weighted by Gasteiger charge is -2.33. The molecule has 1 aromatic carbocycles. The summed E-state index contributed by atoms with van der Waals surface area (Å²) in [6, 6.07) is 5.20. The Kier molecular flexibility index (Phi) is 5.50. The molecule has 0 amide bonds. The van der Waals surface area contributed by atoms with Crippen LogP contribution in [0.25, 0.3) is 0 Å². The largest absolute Gasteiger partial charge is 0.466 e. The van der Waals surface area contributed by atoms with Crippen LogP contribution < -0.4 is 0 Å². The van der Waals surface area contributed by atoms with Crippen molar-refractivity contribution in [3.8, 4) is 0 Å². The van der Waals surface area contributed by atoms with Gasteiger partial charge < -0.3 is 4.74 Å². The number of hydrogen-bond acceptors (Lipinski definition) is 2. The second-order valence-electron chi connectivity index (χ2n) is 5.92. The van der Waals surface area contributed by atoms with Crippen molar-refractivity contribution in [1.29, 1.82) is 0 Å². The first kappa shape index (κ1) is 17.6. The fourth-order valence-electron chi connectivity index (χ4n) is 3.29. The first-order valence-corrected chi connectivity index (χ1v) is 7.83. The third kappa shape index (κ3) is 4.36. The third-order valence-corrected chi connectivity index (χ3v) is 4.32. The van der Waals surface area contributed by atoms with Crippen LogP contribution in [-0.4, -0.2) is 12.6 Å². The summed E-state index contributed by atoms with van der Waals surface area (Å²) in [6.45, 7) is 6.16. The smallest absolute Gasteiger partial charge is 0.416 e. The van der Waals surface area contributed by atoms with Gasteiger partial charge in [0.05, 0.1) is 12.2 Å². The lowest BCUT2D eigenvalue weighted by Crippen LogP contribution is -2.23. The molecule has 23 heavy (non-hydrogen) atoms. The molecule has 1 aliphatic carbocycles. The Morgan fingerprint density at radius 2 is 1.96 bits per heavy atom. The highest BCUT2D eigenvalue weighted by atomic mass is 19.4. The van der Waals surface area contributed by atoms with Crippen LogP contribution in [0.3, 0.4) is 0 Å². The Morgan fingerprint density at radius 1 is 1.30 bits per heavy atom. The van der Waals surface area contributed by atoms with Gasteiger partial charge in [-0.1, -0.05) is 24.3 Å². The van der Waals surface area contributed by atoms with Crippen molar-refractivity contribution in [3.63, 3.8) is 0 Å². The lowest BCUT2D eigenvalue weighted by molar-refractivity contribution is -0.144. The number of esters is 1. The van der Waals surface area contributed by atoms with E-state index in [1.54, 1.807) is 6.92 Å². The summed E-state index contributed by atoms with van der Waals surface area (Å²) in [5, 5.41) is 0. The predicted molar refractivity (Wildman–Crippen MR) is 81.9 cm³/mol. The van der Waals surface area contributed by atoms with Crippen LogP contribution in [0.1, 0.15) is 49.7 Å². The molecule has 2 rings (SSSR count). The van der Waals surface area contributed by atoms with Crippen LogP contribution in [0.2, 0.25) is 0 Å². The maximum absolute atomic E-state index is 12.7. The fraction of sp³-hybridized carbons (Fsp3) is 0.500. The molecule has 0 N–H and O–H groups in total. The summed E-state index contributed by atoms with van der Waals surface area (Å²) in [4.78, 5) is 11.8. The minimum absolute atomic E-state index is 0.0343. The predicted octanol–water partition coefficient (Wildman–Crippen LogP) is 5.10. The molecule has 2 atom stereocenters. The van der Waals surface area contributed by atoms with E-state index in [-0.39, 0.29) is 24.2 Å². The molecule has 1 fully saturated rings. The number of rotatable bonds is 4. The van der Waals surface area contributed by atoms with Crippen molar-refractivity contribution in [2.24, 2.45) is 5.92 Å². The van der Waals surface area contributed by atoms with Crippen molar-refractivity contribution < 1.29 is 22.7 Å². The Balaban J connectivity index is 2.21. The van der Waals surface area contributed by atoms with Gasteiger partial charge in [0.25, 0.3) is 0 Å². The molecule has 0 saturated heterocycles. The van der Waals surface area contributed by atoms with Gasteiger partial charge in [-0.25, -0.2) is 0 Å². The normalized spacial score (nSPS) is 22.0. The Morgan fingerprint density at radius 3 is 2.52 bits per heavy atom. The average Bonchev–Trinajstić information content (AvgIpc) is 2.47. The zero-order chi connectivity index (χ0) is 17.0. The van der Waals surface area contributed by atoms with E-state index >= 15 is 0 Å². The highest BCUT2D eigenvalue weighted by Crippen LogP contribution is 2.43. The van der Waals surface area contributed by atoms with E-state index < -0.39 is 11.7 Å². The quantitative estimate of drug-likeness (QED) is 0.568. The lowest BCUT2D eigenvalue weighted by atomic mass is 9.71. The Labute approximate surface area is 134 Å². The van der Waals surface area contributed by atoms with E-state index in [2.05, 4.69) is 6.58 Å². The molecule has 0 spiro atoms. The van der Waals surface area contributed by atoms with E-state index in [1.165, 1.54) is 12.1 Å². The topological polar surface area (TPSA) is 26.3 Å². The molecule has 0 radical (unpaired) electrons. The molecule has 5 heteroatoms. The van der Waals surface area contributed by atoms with Gasteiger partial charge in [-0.05, 0) is 49.8 Å². The fourth-order valence-corrected chi connectivity index (χ4v) is 3.29. The zero-order valence-corrected chi connectivity index (χ0v) is 13.2. The van der Waals surface area contributed by atoms with Gasteiger partial charge in [-0.15, -0.1) is 0 Å². The van der Waals surface area contributed by atoms with Crippen molar-refractivity contribution in [2.75, 3.05) is 6.61 Å². The van der Waals surface area contributed by atoms with Crippen molar-refractivity contribution >= 4 is 5.97 Å². The third-order valence-electron chi connectivity index (χ3n) is 4.32. The highest BCUT2D eigenvalue weighted by Gasteiger charge is 2.33. The molecular formula is C18H21F3O2. The van der Waals surface area contributed by atoms with E-state index in [0.29, 0.717) is 6.61 Å². The summed E-state index contributed by atoms with van der Waals surface area (Å²) in [7, 11) is 0. The molecular weight excluding hydrogens is 305 g/mol. The van der Waals surface area contributed by atoms with Crippen LogP contribution >= 0.6 is 0 Å². The van der Waals surface area contributed by atoms with Gasteiger partial charge in [0.1, 0.15) is 0 Å². The number of hydrogen-bond donors (Lipinski definition) is 0. The van der Waals surface area contributed by atoms with Gasteiger partial charge in [-0.3, -0.25) is 4.79 Å². The second-order valence-corrected chi connectivity index (χ2v) is 5.92. The van der Waals surface area contributed by atoms with Crippen LogP contribution in [0.4, 0.5) is 13.2 Å². The summed E-state index contributed by atoms with van der Waals surface area (Å²) in [6.07, 6.45) is -1.43. The molecule has 1 aliphatic rings. The molecule has 0 unspecified atom stereocenters. The van der Waals surface area contributed by atoms with E-state index in [1.807, 2.05) is 0 Å². The molecule has 0 heterocycles. The number of allylic oxidation sites excluding steroid dienone is 1. The van der Waals surface area contributed by atoms with Gasteiger partial charge in [-0.2, -0.15) is 13.2 Å². The molecule has 2 nitrogen and oxygen atoms in total. The molecule has 0 aromatic heterocycles. The van der Waals surface area contributed by atoms with Crippen LogP contribution in [-0.2, 0) is 15.7 Å². The van der Waals surface area contributed by atoms with Crippen molar-refractivity contribution in [1.82, 2.24) is 0 Å². The number of ether oxygens (including phenoxy) is 1. The average molecular weight is 326 g/mol. The summed E-state index contributed by atoms with van der Waals surface area (Å²) >= 11 is 0. The first-order valence-electron chi connectivity index (χ1n) is 7.83. The van der Waals surface area contributed by atoms with Gasteiger partial charge in [0, 0.05) is 12.3 Å². The minimum Gasteiger partial charge on any atom is -0.466 e. The maximum atomic E-state index is 12.7. The number of benzene rings is 1. The van der Waals surface area contributed by atoms with Gasteiger partial charge >= 0.3 is 12.1 Å². The second kappa shape index (κ2) is 7.20. The molecule has 1 aromatic rings. The molecule has 0 bridgehead atoms. The van der Waals surface area contributed by atoms with Gasteiger partial charge in [0.15, 0.2) is 0 Å². The van der Waals surface area contributed by atoms with Crippen molar-refractivity contribution in [2.45, 2.75) is 44.7 Å².